The van der Waals surface area contributed by atoms with E-state index in [2.05, 4.69) is 15.1 Å². The molecule has 23 heavy (non-hydrogen) atoms. The van der Waals surface area contributed by atoms with Gasteiger partial charge in [-0.25, -0.2) is 14.6 Å². The van der Waals surface area contributed by atoms with Crippen LogP contribution in [0.15, 0.2) is 85.2 Å². The predicted octanol–water partition coefficient (Wildman–Crippen LogP) is 4.00. The number of aromatic nitrogens is 4. The second kappa shape index (κ2) is 5.85. The molecule has 4 heteroatoms. The Morgan fingerprint density at radius 3 is 1.70 bits per heavy atom. The van der Waals surface area contributed by atoms with Crippen molar-refractivity contribution in [3.05, 3.63) is 85.2 Å². The van der Waals surface area contributed by atoms with E-state index in [0.717, 1.165) is 22.5 Å². The van der Waals surface area contributed by atoms with Gasteiger partial charge in [0.25, 0.3) is 5.95 Å². The van der Waals surface area contributed by atoms with Gasteiger partial charge < -0.3 is 0 Å². The van der Waals surface area contributed by atoms with Crippen molar-refractivity contribution in [3.63, 3.8) is 0 Å². The maximum Gasteiger partial charge on any atom is 0.251 e. The molecular weight excluding hydrogens is 284 g/mol. The number of benzene rings is 2. The SMILES string of the molecule is c1ccc(-c2cc(-c3ccccc3)nc(-n3cccn3)n2)cc1. The summed E-state index contributed by atoms with van der Waals surface area (Å²) in [5, 5.41) is 4.25. The molecule has 0 aliphatic heterocycles. The van der Waals surface area contributed by atoms with Crippen LogP contribution in [0.25, 0.3) is 28.5 Å². The fourth-order valence-electron chi connectivity index (χ4n) is 2.44. The third-order valence-corrected chi connectivity index (χ3v) is 3.56. The summed E-state index contributed by atoms with van der Waals surface area (Å²) in [6.45, 7) is 0. The third kappa shape index (κ3) is 2.74. The first-order chi connectivity index (χ1) is 11.4. The lowest BCUT2D eigenvalue weighted by molar-refractivity contribution is 0.811. The molecule has 0 spiro atoms. The van der Waals surface area contributed by atoms with Gasteiger partial charge in [0, 0.05) is 23.5 Å². The predicted molar refractivity (Wildman–Crippen MR) is 90.0 cm³/mol. The van der Waals surface area contributed by atoms with E-state index in [9.17, 15) is 0 Å². The van der Waals surface area contributed by atoms with Crippen molar-refractivity contribution < 1.29 is 0 Å². The molecule has 2 aromatic heterocycles. The Kier molecular flexibility index (Phi) is 3.41. The van der Waals surface area contributed by atoms with Crippen molar-refractivity contribution >= 4 is 0 Å². The molecular formula is C19H14N4. The third-order valence-electron chi connectivity index (χ3n) is 3.56. The lowest BCUT2D eigenvalue weighted by Crippen LogP contribution is -2.04. The number of nitrogens with zero attached hydrogens (tertiary/aromatic N) is 4. The van der Waals surface area contributed by atoms with E-state index in [1.807, 2.05) is 79.0 Å². The van der Waals surface area contributed by atoms with Crippen molar-refractivity contribution in [2.45, 2.75) is 0 Å². The Hall–Kier alpha value is -3.27. The molecule has 0 aliphatic carbocycles. The summed E-state index contributed by atoms with van der Waals surface area (Å²) in [4.78, 5) is 9.32. The van der Waals surface area contributed by atoms with E-state index in [1.54, 1.807) is 10.9 Å². The van der Waals surface area contributed by atoms with Crippen molar-refractivity contribution in [1.29, 1.82) is 0 Å². The number of hydrogen-bond acceptors (Lipinski definition) is 3. The minimum absolute atomic E-state index is 0.565. The largest absolute Gasteiger partial charge is 0.251 e. The van der Waals surface area contributed by atoms with E-state index in [1.165, 1.54) is 0 Å². The van der Waals surface area contributed by atoms with Crippen LogP contribution in [0.3, 0.4) is 0 Å². The molecule has 0 saturated carbocycles. The van der Waals surface area contributed by atoms with Gasteiger partial charge in [0.2, 0.25) is 0 Å². The highest BCUT2D eigenvalue weighted by molar-refractivity contribution is 5.68. The van der Waals surface area contributed by atoms with Crippen LogP contribution in [0.5, 0.6) is 0 Å². The van der Waals surface area contributed by atoms with E-state index in [0.29, 0.717) is 5.95 Å². The van der Waals surface area contributed by atoms with Crippen LogP contribution in [-0.4, -0.2) is 19.7 Å². The summed E-state index contributed by atoms with van der Waals surface area (Å²) in [7, 11) is 0. The van der Waals surface area contributed by atoms with Crippen LogP contribution in [-0.2, 0) is 0 Å². The molecule has 2 heterocycles. The van der Waals surface area contributed by atoms with Crippen molar-refractivity contribution in [2.75, 3.05) is 0 Å². The Bertz CT molecular complexity index is 843. The average Bonchev–Trinajstić information content (AvgIpc) is 3.18. The van der Waals surface area contributed by atoms with Crippen molar-refractivity contribution in [2.24, 2.45) is 0 Å². The summed E-state index contributed by atoms with van der Waals surface area (Å²) in [6.07, 6.45) is 3.57. The molecule has 2 aromatic carbocycles. The molecule has 4 aromatic rings. The second-order valence-electron chi connectivity index (χ2n) is 5.12. The van der Waals surface area contributed by atoms with Gasteiger partial charge in [-0.2, -0.15) is 5.10 Å². The zero-order valence-corrected chi connectivity index (χ0v) is 12.4. The summed E-state index contributed by atoms with van der Waals surface area (Å²) >= 11 is 0. The first kappa shape index (κ1) is 13.4. The molecule has 0 amide bonds. The number of rotatable bonds is 3. The molecule has 0 aliphatic rings. The zero-order valence-electron chi connectivity index (χ0n) is 12.4. The maximum atomic E-state index is 4.66. The summed E-state index contributed by atoms with van der Waals surface area (Å²) in [5.74, 6) is 0.565. The minimum Gasteiger partial charge on any atom is -0.211 e. The molecule has 0 bridgehead atoms. The summed E-state index contributed by atoms with van der Waals surface area (Å²) in [5.41, 5.74) is 3.87. The molecule has 4 nitrogen and oxygen atoms in total. The van der Waals surface area contributed by atoms with Crippen LogP contribution in [0, 0.1) is 0 Å². The Morgan fingerprint density at radius 1 is 0.652 bits per heavy atom. The highest BCUT2D eigenvalue weighted by atomic mass is 15.3. The van der Waals surface area contributed by atoms with Gasteiger partial charge in [-0.3, -0.25) is 0 Å². The van der Waals surface area contributed by atoms with Gasteiger partial charge in [-0.05, 0) is 12.1 Å². The monoisotopic (exact) mass is 298 g/mol. The van der Waals surface area contributed by atoms with Crippen LogP contribution in [0.2, 0.25) is 0 Å². The molecule has 0 saturated heterocycles. The smallest absolute Gasteiger partial charge is 0.211 e. The molecule has 0 N–H and O–H groups in total. The van der Waals surface area contributed by atoms with E-state index >= 15 is 0 Å². The lowest BCUT2D eigenvalue weighted by atomic mass is 10.1. The molecule has 110 valence electrons. The number of hydrogen-bond donors (Lipinski definition) is 0. The Morgan fingerprint density at radius 2 is 1.22 bits per heavy atom. The summed E-state index contributed by atoms with van der Waals surface area (Å²) in [6, 6.07) is 24.1. The van der Waals surface area contributed by atoms with Gasteiger partial charge in [0.05, 0.1) is 11.4 Å². The normalized spacial score (nSPS) is 10.6. The van der Waals surface area contributed by atoms with Gasteiger partial charge in [0.15, 0.2) is 0 Å². The Labute approximate surface area is 134 Å². The molecule has 0 radical (unpaired) electrons. The fraction of sp³-hybridized carbons (Fsp3) is 0. The van der Waals surface area contributed by atoms with E-state index in [-0.39, 0.29) is 0 Å². The van der Waals surface area contributed by atoms with Crippen LogP contribution >= 0.6 is 0 Å². The zero-order chi connectivity index (χ0) is 15.5. The van der Waals surface area contributed by atoms with Gasteiger partial charge in [-0.15, -0.1) is 0 Å². The topological polar surface area (TPSA) is 43.6 Å². The maximum absolute atomic E-state index is 4.66. The van der Waals surface area contributed by atoms with Gasteiger partial charge >= 0.3 is 0 Å². The quantitative estimate of drug-likeness (QED) is 0.574. The lowest BCUT2D eigenvalue weighted by Gasteiger charge is -2.08. The fourth-order valence-corrected chi connectivity index (χ4v) is 2.44. The second-order valence-corrected chi connectivity index (χ2v) is 5.12. The van der Waals surface area contributed by atoms with Crippen LogP contribution in [0.4, 0.5) is 0 Å². The molecule has 0 atom stereocenters. The Balaban J connectivity index is 1.91. The molecule has 4 rings (SSSR count). The van der Waals surface area contributed by atoms with Crippen LogP contribution in [0.1, 0.15) is 0 Å². The summed E-state index contributed by atoms with van der Waals surface area (Å²) < 4.78 is 1.68. The van der Waals surface area contributed by atoms with Gasteiger partial charge in [0.1, 0.15) is 0 Å². The van der Waals surface area contributed by atoms with Gasteiger partial charge in [-0.1, -0.05) is 60.7 Å². The minimum atomic E-state index is 0.565. The van der Waals surface area contributed by atoms with Crippen LogP contribution < -0.4 is 0 Å². The first-order valence-corrected chi connectivity index (χ1v) is 7.40. The molecule has 0 fully saturated rings. The van der Waals surface area contributed by atoms with Crippen molar-refractivity contribution in [1.82, 2.24) is 19.7 Å². The van der Waals surface area contributed by atoms with E-state index < -0.39 is 0 Å². The first-order valence-electron chi connectivity index (χ1n) is 7.40. The molecule has 0 unspecified atom stereocenters. The average molecular weight is 298 g/mol. The van der Waals surface area contributed by atoms with E-state index in [4.69, 9.17) is 0 Å². The van der Waals surface area contributed by atoms with Crippen molar-refractivity contribution in [3.8, 4) is 28.5 Å². The highest BCUT2D eigenvalue weighted by Crippen LogP contribution is 2.24. The standard InChI is InChI=1S/C19H14N4/c1-3-8-15(9-4-1)17-14-18(16-10-5-2-6-11-16)22-19(21-17)23-13-7-12-20-23/h1-14H. The highest BCUT2D eigenvalue weighted by Gasteiger charge is 2.09.